The van der Waals surface area contributed by atoms with Gasteiger partial charge in [0.1, 0.15) is 5.84 Å². The number of hydrogen-bond acceptors (Lipinski definition) is 2. The topological polar surface area (TPSA) is 15.6 Å². The van der Waals surface area contributed by atoms with Crippen LogP contribution < -0.4 is 0 Å². The number of allylic oxidation sites excluding steroid dienone is 2. The van der Waals surface area contributed by atoms with Gasteiger partial charge >= 0.3 is 0 Å². The molecule has 2 aromatic carbocycles. The number of hydrogen-bond donors (Lipinski definition) is 0. The van der Waals surface area contributed by atoms with Gasteiger partial charge in [-0.1, -0.05) is 87.5 Å². The molecule has 1 heterocycles. The van der Waals surface area contributed by atoms with Crippen molar-refractivity contribution in [1.29, 1.82) is 0 Å². The molecule has 0 radical (unpaired) electrons. The Kier molecular flexibility index (Phi) is 5.72. The predicted molar refractivity (Wildman–Crippen MR) is 111 cm³/mol. The van der Waals surface area contributed by atoms with E-state index in [9.17, 15) is 0 Å². The summed E-state index contributed by atoms with van der Waals surface area (Å²) < 4.78 is 0. The molecule has 134 valence electrons. The first-order valence-electron chi connectivity index (χ1n) is 9.53. The summed E-state index contributed by atoms with van der Waals surface area (Å²) in [6.07, 6.45) is 3.06. The minimum atomic E-state index is 0.0823. The molecule has 0 atom stereocenters. The van der Waals surface area contributed by atoms with Crippen molar-refractivity contribution in [3.8, 4) is 0 Å². The van der Waals surface area contributed by atoms with Crippen LogP contribution in [0.4, 0.5) is 0 Å². The average molecular weight is 345 g/mol. The van der Waals surface area contributed by atoms with Gasteiger partial charge in [0, 0.05) is 11.4 Å². The van der Waals surface area contributed by atoms with E-state index in [1.54, 1.807) is 0 Å². The minimum absolute atomic E-state index is 0.0823. The van der Waals surface area contributed by atoms with E-state index < -0.39 is 0 Å². The molecule has 0 spiro atoms. The lowest BCUT2D eigenvalue weighted by molar-refractivity contribution is 0.429. The zero-order chi connectivity index (χ0) is 18.5. The number of aliphatic imine (C=N–C) groups is 1. The van der Waals surface area contributed by atoms with Crippen LogP contribution in [0, 0.1) is 0 Å². The summed E-state index contributed by atoms with van der Waals surface area (Å²) in [6.45, 7) is 11.0. The van der Waals surface area contributed by atoms with Crippen LogP contribution in [0.5, 0.6) is 0 Å². The van der Waals surface area contributed by atoms with Gasteiger partial charge in [-0.2, -0.15) is 0 Å². The molecular weight excluding hydrogens is 316 g/mol. The molecule has 2 nitrogen and oxygen atoms in total. The van der Waals surface area contributed by atoms with Crippen LogP contribution >= 0.6 is 0 Å². The van der Waals surface area contributed by atoms with Crippen molar-refractivity contribution in [2.24, 2.45) is 4.99 Å². The molecule has 0 unspecified atom stereocenters. The lowest BCUT2D eigenvalue weighted by atomic mass is 9.93. The Labute approximate surface area is 157 Å². The van der Waals surface area contributed by atoms with Gasteiger partial charge in [-0.15, -0.1) is 0 Å². The third kappa shape index (κ3) is 3.50. The highest BCUT2D eigenvalue weighted by Crippen LogP contribution is 2.38. The van der Waals surface area contributed by atoms with Gasteiger partial charge in [0.2, 0.25) is 0 Å². The Bertz CT molecular complexity index is 776. The highest BCUT2D eigenvalue weighted by Gasteiger charge is 2.30. The van der Waals surface area contributed by atoms with Crippen LogP contribution in [-0.4, -0.2) is 10.7 Å². The molecule has 0 N–H and O–H groups in total. The number of amidine groups is 1. The highest BCUT2D eigenvalue weighted by atomic mass is 15.2. The number of nitrogens with zero attached hydrogens (tertiary/aromatic N) is 2. The van der Waals surface area contributed by atoms with E-state index in [1.165, 1.54) is 22.4 Å². The van der Waals surface area contributed by atoms with Gasteiger partial charge in [-0.05, 0) is 36.5 Å². The van der Waals surface area contributed by atoms with E-state index in [0.29, 0.717) is 0 Å². The molecule has 2 heteroatoms. The summed E-state index contributed by atoms with van der Waals surface area (Å²) in [5, 5.41) is 0. The monoisotopic (exact) mass is 344 g/mol. The Hall–Kier alpha value is -2.61. The summed E-state index contributed by atoms with van der Waals surface area (Å²) in [5.74, 6) is 1.02. The number of benzene rings is 2. The summed E-state index contributed by atoms with van der Waals surface area (Å²) >= 11 is 0. The maximum Gasteiger partial charge on any atom is 0.107 e. The van der Waals surface area contributed by atoms with Gasteiger partial charge in [0.15, 0.2) is 0 Å². The van der Waals surface area contributed by atoms with E-state index in [1.807, 2.05) is 0 Å². The zero-order valence-electron chi connectivity index (χ0n) is 16.1. The van der Waals surface area contributed by atoms with E-state index in [4.69, 9.17) is 4.99 Å². The summed E-state index contributed by atoms with van der Waals surface area (Å²) in [5.41, 5.74) is 6.09. The van der Waals surface area contributed by atoms with Crippen LogP contribution in [-0.2, 0) is 0 Å². The summed E-state index contributed by atoms with van der Waals surface area (Å²) in [7, 11) is 0. The zero-order valence-corrected chi connectivity index (χ0v) is 16.1. The molecule has 26 heavy (non-hydrogen) atoms. The Morgan fingerprint density at radius 1 is 0.923 bits per heavy atom. The molecule has 0 bridgehead atoms. The lowest BCUT2D eigenvalue weighted by Crippen LogP contribution is -2.36. The molecule has 0 saturated heterocycles. The second-order valence-electron chi connectivity index (χ2n) is 6.73. The molecule has 0 amide bonds. The normalized spacial score (nSPS) is 14.8. The lowest BCUT2D eigenvalue weighted by Gasteiger charge is -2.39. The molecule has 3 rings (SSSR count). The smallest absolute Gasteiger partial charge is 0.107 e. The van der Waals surface area contributed by atoms with Crippen molar-refractivity contribution in [2.45, 2.75) is 46.1 Å². The first-order chi connectivity index (χ1) is 12.7. The minimum Gasteiger partial charge on any atom is -0.319 e. The summed E-state index contributed by atoms with van der Waals surface area (Å²) in [6, 6.07) is 21.4. The van der Waals surface area contributed by atoms with Crippen molar-refractivity contribution in [2.75, 3.05) is 0 Å². The second kappa shape index (κ2) is 8.18. The molecule has 0 saturated carbocycles. The third-order valence-corrected chi connectivity index (χ3v) is 4.96. The average Bonchev–Trinajstić information content (AvgIpc) is 2.68. The van der Waals surface area contributed by atoms with E-state index in [2.05, 4.69) is 92.9 Å². The van der Waals surface area contributed by atoms with Gasteiger partial charge in [0.25, 0.3) is 0 Å². The second-order valence-corrected chi connectivity index (χ2v) is 6.73. The summed E-state index contributed by atoms with van der Waals surface area (Å²) in [4.78, 5) is 7.28. The quantitative estimate of drug-likeness (QED) is 0.585. The SMILES string of the molecule is C=C1C(CCC)=C(CC)N=C(C)N1C(c1ccccc1)c1ccccc1. The molecule has 1 aliphatic rings. The number of rotatable bonds is 6. The van der Waals surface area contributed by atoms with Crippen LogP contribution in [0.2, 0.25) is 0 Å². The highest BCUT2D eigenvalue weighted by molar-refractivity contribution is 5.86. The third-order valence-electron chi connectivity index (χ3n) is 4.96. The van der Waals surface area contributed by atoms with Crippen molar-refractivity contribution < 1.29 is 0 Å². The van der Waals surface area contributed by atoms with Crippen LogP contribution in [0.3, 0.4) is 0 Å². The predicted octanol–water partition coefficient (Wildman–Crippen LogP) is 6.49. The molecular formula is C24H28N2. The van der Waals surface area contributed by atoms with Crippen molar-refractivity contribution in [3.05, 3.63) is 95.3 Å². The Morgan fingerprint density at radius 3 is 1.92 bits per heavy atom. The van der Waals surface area contributed by atoms with Gasteiger partial charge < -0.3 is 4.90 Å². The van der Waals surface area contributed by atoms with Gasteiger partial charge in [0.05, 0.1) is 6.04 Å². The standard InChI is InChI=1S/C24H28N2/c1-5-13-22-18(3)26(19(4)25-23(22)6-2)24(20-14-9-7-10-15-20)21-16-11-8-12-17-21/h7-12,14-17,24H,3,5-6,13H2,1-2,4H3. The molecule has 2 aromatic rings. The molecule has 0 aromatic heterocycles. The van der Waals surface area contributed by atoms with Crippen LogP contribution in [0.15, 0.2) is 89.2 Å². The van der Waals surface area contributed by atoms with E-state index >= 15 is 0 Å². The molecule has 0 aliphatic carbocycles. The fourth-order valence-corrected chi connectivity index (χ4v) is 3.76. The first kappa shape index (κ1) is 18.2. The molecule has 1 aliphatic heterocycles. The van der Waals surface area contributed by atoms with Crippen molar-refractivity contribution >= 4 is 5.84 Å². The van der Waals surface area contributed by atoms with Gasteiger partial charge in [-0.3, -0.25) is 0 Å². The van der Waals surface area contributed by atoms with E-state index in [-0.39, 0.29) is 6.04 Å². The maximum atomic E-state index is 4.97. The Morgan fingerprint density at radius 2 is 1.46 bits per heavy atom. The van der Waals surface area contributed by atoms with Crippen LogP contribution in [0.25, 0.3) is 0 Å². The van der Waals surface area contributed by atoms with Gasteiger partial charge in [-0.25, -0.2) is 4.99 Å². The maximum absolute atomic E-state index is 4.97. The largest absolute Gasteiger partial charge is 0.319 e. The van der Waals surface area contributed by atoms with Crippen molar-refractivity contribution in [3.63, 3.8) is 0 Å². The Balaban J connectivity index is 2.12. The van der Waals surface area contributed by atoms with E-state index in [0.717, 1.165) is 30.8 Å². The van der Waals surface area contributed by atoms with Crippen LogP contribution in [0.1, 0.15) is 57.2 Å². The van der Waals surface area contributed by atoms with Crippen molar-refractivity contribution in [1.82, 2.24) is 4.90 Å². The molecule has 0 fully saturated rings. The first-order valence-corrected chi connectivity index (χ1v) is 9.53. The fraction of sp³-hybridized carbons (Fsp3) is 0.292. The fourth-order valence-electron chi connectivity index (χ4n) is 3.76.